The van der Waals surface area contributed by atoms with Gasteiger partial charge in [0.1, 0.15) is 0 Å². The van der Waals surface area contributed by atoms with Crippen molar-refractivity contribution in [2.24, 2.45) is 0 Å². The average Bonchev–Trinajstić information content (AvgIpc) is 2.34. The van der Waals surface area contributed by atoms with Crippen LogP contribution in [0.2, 0.25) is 0 Å². The summed E-state index contributed by atoms with van der Waals surface area (Å²) in [6.07, 6.45) is 4.97. The quantitative estimate of drug-likeness (QED) is 0.479. The van der Waals surface area contributed by atoms with E-state index in [1.165, 1.54) is 12.1 Å². The van der Waals surface area contributed by atoms with Gasteiger partial charge < -0.3 is 10.1 Å². The van der Waals surface area contributed by atoms with Gasteiger partial charge in [-0.1, -0.05) is 12.0 Å². The van der Waals surface area contributed by atoms with E-state index in [0.29, 0.717) is 0 Å². The van der Waals surface area contributed by atoms with Crippen molar-refractivity contribution in [3.8, 4) is 18.1 Å². The van der Waals surface area contributed by atoms with Crippen molar-refractivity contribution < 1.29 is 14.5 Å². The Morgan fingerprint density at radius 1 is 1.61 bits per heavy atom. The first kappa shape index (κ1) is 13.5. The molecule has 0 aliphatic heterocycles. The largest absolute Gasteiger partial charge is 0.477 e. The molecule has 6 nitrogen and oxygen atoms in total. The number of hydrogen-bond donors (Lipinski definition) is 1. The maximum absolute atomic E-state index is 11.2. The van der Waals surface area contributed by atoms with Crippen LogP contribution in [0.15, 0.2) is 18.2 Å². The molecule has 0 radical (unpaired) electrons. The molecule has 0 bridgehead atoms. The summed E-state index contributed by atoms with van der Waals surface area (Å²) in [5.74, 6) is 1.87. The highest BCUT2D eigenvalue weighted by Gasteiger charge is 2.15. The first-order chi connectivity index (χ1) is 8.54. The number of aryl methyl sites for hydroxylation is 1. The number of nitrogens with zero attached hydrogens (tertiary/aromatic N) is 1. The summed E-state index contributed by atoms with van der Waals surface area (Å²) in [7, 11) is 0. The number of terminal acetylenes is 1. The minimum Gasteiger partial charge on any atom is -0.477 e. The van der Waals surface area contributed by atoms with Gasteiger partial charge in [0.05, 0.1) is 11.5 Å². The van der Waals surface area contributed by atoms with E-state index in [4.69, 9.17) is 11.2 Å². The van der Waals surface area contributed by atoms with Crippen molar-refractivity contribution in [2.45, 2.75) is 6.92 Å². The van der Waals surface area contributed by atoms with Gasteiger partial charge in [-0.05, 0) is 18.6 Å². The zero-order chi connectivity index (χ0) is 13.5. The van der Waals surface area contributed by atoms with Crippen LogP contribution in [-0.4, -0.2) is 24.0 Å². The summed E-state index contributed by atoms with van der Waals surface area (Å²) in [5.41, 5.74) is 0.575. The smallest absolute Gasteiger partial charge is 0.311 e. The fourth-order valence-corrected chi connectivity index (χ4v) is 1.24. The summed E-state index contributed by atoms with van der Waals surface area (Å²) >= 11 is 0. The van der Waals surface area contributed by atoms with Gasteiger partial charge in [0.25, 0.3) is 5.91 Å². The monoisotopic (exact) mass is 248 g/mol. The molecule has 0 spiro atoms. The second kappa shape index (κ2) is 6.25. The molecule has 18 heavy (non-hydrogen) atoms. The maximum atomic E-state index is 11.2. The van der Waals surface area contributed by atoms with E-state index < -0.39 is 10.8 Å². The number of nitro groups is 1. The Hall–Kier alpha value is -2.55. The topological polar surface area (TPSA) is 81.5 Å². The van der Waals surface area contributed by atoms with E-state index in [-0.39, 0.29) is 24.6 Å². The fourth-order valence-electron chi connectivity index (χ4n) is 1.24. The highest BCUT2D eigenvalue weighted by atomic mass is 16.6. The number of nitro benzene ring substituents is 1. The number of amides is 1. The van der Waals surface area contributed by atoms with Crippen LogP contribution in [-0.2, 0) is 4.79 Å². The highest BCUT2D eigenvalue weighted by molar-refractivity contribution is 5.77. The molecule has 0 fully saturated rings. The van der Waals surface area contributed by atoms with Gasteiger partial charge >= 0.3 is 5.69 Å². The number of hydrogen-bond acceptors (Lipinski definition) is 4. The van der Waals surface area contributed by atoms with Crippen molar-refractivity contribution >= 4 is 11.6 Å². The third kappa shape index (κ3) is 3.79. The predicted molar refractivity (Wildman–Crippen MR) is 65.2 cm³/mol. The molecule has 0 unspecified atom stereocenters. The number of rotatable bonds is 5. The normalized spacial score (nSPS) is 9.33. The lowest BCUT2D eigenvalue weighted by Gasteiger charge is -2.06. The first-order valence-electron chi connectivity index (χ1n) is 5.12. The molecule has 0 atom stereocenters. The van der Waals surface area contributed by atoms with Crippen LogP contribution in [0, 0.1) is 29.4 Å². The second-order valence-electron chi connectivity index (χ2n) is 3.50. The molecule has 0 saturated carbocycles. The molecule has 0 heterocycles. The van der Waals surface area contributed by atoms with Crippen molar-refractivity contribution in [1.82, 2.24) is 5.32 Å². The summed E-state index contributed by atoms with van der Waals surface area (Å²) in [6, 6.07) is 4.51. The molecule has 6 heteroatoms. The maximum Gasteiger partial charge on any atom is 0.311 e. The molecule has 1 N–H and O–H groups in total. The molecule has 94 valence electrons. The third-order valence-corrected chi connectivity index (χ3v) is 2.06. The van der Waals surface area contributed by atoms with Crippen molar-refractivity contribution in [1.29, 1.82) is 0 Å². The van der Waals surface area contributed by atoms with Crippen LogP contribution in [0.3, 0.4) is 0 Å². The van der Waals surface area contributed by atoms with Crippen LogP contribution in [0.1, 0.15) is 5.56 Å². The van der Waals surface area contributed by atoms with Gasteiger partial charge in [0.15, 0.2) is 12.4 Å². The van der Waals surface area contributed by atoms with Crippen molar-refractivity contribution in [2.75, 3.05) is 13.2 Å². The van der Waals surface area contributed by atoms with Gasteiger partial charge in [0, 0.05) is 6.07 Å². The summed E-state index contributed by atoms with van der Waals surface area (Å²) < 4.78 is 5.09. The number of ether oxygens (including phenoxy) is 1. The van der Waals surface area contributed by atoms with Crippen LogP contribution in [0.5, 0.6) is 5.75 Å². The number of carbonyl (C=O) groups is 1. The van der Waals surface area contributed by atoms with Crippen LogP contribution in [0.25, 0.3) is 0 Å². The standard InChI is InChI=1S/C12H12N2O4/c1-3-6-13-12(15)8-18-11-5-4-9(2)7-10(11)14(16)17/h1,4-5,7H,6,8H2,2H3,(H,13,15). The van der Waals surface area contributed by atoms with Crippen LogP contribution >= 0.6 is 0 Å². The molecule has 1 aromatic rings. The molecule has 0 aliphatic carbocycles. The van der Waals surface area contributed by atoms with Crippen molar-refractivity contribution in [3.63, 3.8) is 0 Å². The van der Waals surface area contributed by atoms with Gasteiger partial charge in [-0.2, -0.15) is 0 Å². The summed E-state index contributed by atoms with van der Waals surface area (Å²) in [4.78, 5) is 21.5. The van der Waals surface area contributed by atoms with Gasteiger partial charge in [0.2, 0.25) is 0 Å². The molecule has 1 rings (SSSR count). The molecule has 1 amide bonds. The highest BCUT2D eigenvalue weighted by Crippen LogP contribution is 2.27. The molecule has 0 saturated heterocycles. The van der Waals surface area contributed by atoms with E-state index >= 15 is 0 Å². The van der Waals surface area contributed by atoms with Gasteiger partial charge in [-0.15, -0.1) is 6.42 Å². The molecular formula is C12H12N2O4. The fraction of sp³-hybridized carbons (Fsp3) is 0.250. The Bertz CT molecular complexity index is 505. The Morgan fingerprint density at radius 2 is 2.33 bits per heavy atom. The summed E-state index contributed by atoms with van der Waals surface area (Å²) in [5, 5.41) is 13.2. The van der Waals surface area contributed by atoms with Gasteiger partial charge in [-0.25, -0.2) is 0 Å². The SMILES string of the molecule is C#CCNC(=O)COc1ccc(C)cc1[N+](=O)[O-]. The first-order valence-corrected chi connectivity index (χ1v) is 5.12. The minimum absolute atomic E-state index is 0.0569. The van der Waals surface area contributed by atoms with Crippen LogP contribution < -0.4 is 10.1 Å². The van der Waals surface area contributed by atoms with E-state index in [2.05, 4.69) is 11.2 Å². The average molecular weight is 248 g/mol. The van der Waals surface area contributed by atoms with Gasteiger partial charge in [-0.3, -0.25) is 14.9 Å². The Labute approximate surface area is 104 Å². The Morgan fingerprint density at radius 3 is 2.94 bits per heavy atom. The molecule has 1 aromatic carbocycles. The molecular weight excluding hydrogens is 236 g/mol. The van der Waals surface area contributed by atoms with E-state index in [9.17, 15) is 14.9 Å². The Balaban J connectivity index is 2.70. The van der Waals surface area contributed by atoms with E-state index in [1.54, 1.807) is 13.0 Å². The zero-order valence-electron chi connectivity index (χ0n) is 9.80. The summed E-state index contributed by atoms with van der Waals surface area (Å²) in [6.45, 7) is 1.51. The minimum atomic E-state index is -0.554. The lowest BCUT2D eigenvalue weighted by Crippen LogP contribution is -2.29. The van der Waals surface area contributed by atoms with Crippen molar-refractivity contribution in [3.05, 3.63) is 33.9 Å². The Kier molecular flexibility index (Phi) is 4.69. The van der Waals surface area contributed by atoms with Crippen LogP contribution in [0.4, 0.5) is 5.69 Å². The van der Waals surface area contributed by atoms with E-state index in [1.807, 2.05) is 0 Å². The predicted octanol–water partition coefficient (Wildman–Crippen LogP) is 1.03. The molecule has 0 aromatic heterocycles. The number of benzene rings is 1. The molecule has 0 aliphatic rings. The lowest BCUT2D eigenvalue weighted by molar-refractivity contribution is -0.385. The zero-order valence-corrected chi connectivity index (χ0v) is 9.80. The third-order valence-electron chi connectivity index (χ3n) is 2.06. The number of nitrogens with one attached hydrogen (secondary N) is 1. The number of carbonyl (C=O) groups excluding carboxylic acids is 1. The lowest BCUT2D eigenvalue weighted by atomic mass is 10.2. The second-order valence-corrected chi connectivity index (χ2v) is 3.50. The van der Waals surface area contributed by atoms with E-state index in [0.717, 1.165) is 5.56 Å².